The highest BCUT2D eigenvalue weighted by molar-refractivity contribution is 5.83. The summed E-state index contributed by atoms with van der Waals surface area (Å²) < 4.78 is 0. The van der Waals surface area contributed by atoms with Crippen LogP contribution in [0.1, 0.15) is 11.3 Å². The van der Waals surface area contributed by atoms with E-state index in [1.54, 1.807) is 6.07 Å². The normalized spacial score (nSPS) is 11.0. The molecule has 0 unspecified atom stereocenters. The summed E-state index contributed by atoms with van der Waals surface area (Å²) >= 11 is 0. The van der Waals surface area contributed by atoms with Crippen molar-refractivity contribution in [3.8, 4) is 5.75 Å². The lowest BCUT2D eigenvalue weighted by Gasteiger charge is -2.02. The molecule has 1 aromatic carbocycles. The van der Waals surface area contributed by atoms with Crippen LogP contribution in [-0.2, 0) is 6.42 Å². The molecule has 14 heavy (non-hydrogen) atoms. The molecule has 0 bridgehead atoms. The van der Waals surface area contributed by atoms with Crippen molar-refractivity contribution >= 4 is 10.9 Å². The lowest BCUT2D eigenvalue weighted by molar-refractivity contribution is 0.297. The Balaban J connectivity index is 2.58. The topological polar surface area (TPSA) is 56.2 Å². The van der Waals surface area contributed by atoms with E-state index in [-0.39, 0.29) is 12.4 Å². The Morgan fingerprint density at radius 2 is 2.07 bits per heavy atom. The number of hydrogen-bond donors (Lipinski definition) is 3. The first kappa shape index (κ1) is 9.09. The monoisotopic (exact) mass is 191 g/mol. The molecule has 0 radical (unpaired) electrons. The molecule has 0 saturated heterocycles. The second-order valence-corrected chi connectivity index (χ2v) is 3.49. The first-order valence-corrected chi connectivity index (χ1v) is 4.63. The zero-order chi connectivity index (χ0) is 10.1. The molecule has 74 valence electrons. The molecule has 2 rings (SSSR count). The maximum atomic E-state index is 9.62. The van der Waals surface area contributed by atoms with Gasteiger partial charge in [0.2, 0.25) is 0 Å². The lowest BCUT2D eigenvalue weighted by Crippen LogP contribution is -1.90. The highest BCUT2D eigenvalue weighted by Gasteiger charge is 2.04. The first-order valence-electron chi connectivity index (χ1n) is 4.63. The summed E-state index contributed by atoms with van der Waals surface area (Å²) in [7, 11) is 0. The Labute approximate surface area is 82.0 Å². The van der Waals surface area contributed by atoms with Crippen molar-refractivity contribution in [3.05, 3.63) is 29.5 Å². The van der Waals surface area contributed by atoms with Crippen LogP contribution in [0.2, 0.25) is 0 Å². The van der Waals surface area contributed by atoms with Crippen molar-refractivity contribution in [2.24, 2.45) is 0 Å². The van der Waals surface area contributed by atoms with Crippen LogP contribution in [0.15, 0.2) is 18.2 Å². The van der Waals surface area contributed by atoms with Crippen LogP contribution in [0, 0.1) is 6.92 Å². The fourth-order valence-corrected chi connectivity index (χ4v) is 1.68. The summed E-state index contributed by atoms with van der Waals surface area (Å²) in [6.07, 6.45) is 0.486. The number of phenolic OH excluding ortho intramolecular Hbond substituents is 1. The summed E-state index contributed by atoms with van der Waals surface area (Å²) in [4.78, 5) is 3.19. The van der Waals surface area contributed by atoms with Crippen LogP contribution in [0.5, 0.6) is 5.75 Å². The van der Waals surface area contributed by atoms with Crippen molar-refractivity contribution in [1.82, 2.24) is 4.98 Å². The summed E-state index contributed by atoms with van der Waals surface area (Å²) in [5.74, 6) is 0.255. The number of rotatable bonds is 2. The molecule has 0 fully saturated rings. The molecule has 3 N–H and O–H groups in total. The fraction of sp³-hybridized carbons (Fsp3) is 0.273. The minimum Gasteiger partial charge on any atom is -0.508 e. The number of fused-ring (bicyclic) bond motifs is 1. The number of aliphatic hydroxyl groups excluding tert-OH is 1. The number of aliphatic hydroxyl groups is 1. The molecular formula is C11H13NO2. The molecule has 3 nitrogen and oxygen atoms in total. The van der Waals surface area contributed by atoms with E-state index < -0.39 is 0 Å². The van der Waals surface area contributed by atoms with Crippen LogP contribution in [0.3, 0.4) is 0 Å². The molecule has 0 aliphatic rings. The largest absolute Gasteiger partial charge is 0.508 e. The van der Waals surface area contributed by atoms with Crippen molar-refractivity contribution in [2.45, 2.75) is 13.3 Å². The number of phenols is 1. The number of aromatic amines is 1. The van der Waals surface area contributed by atoms with Crippen molar-refractivity contribution < 1.29 is 10.2 Å². The van der Waals surface area contributed by atoms with Crippen LogP contribution in [-0.4, -0.2) is 21.8 Å². The van der Waals surface area contributed by atoms with E-state index >= 15 is 0 Å². The van der Waals surface area contributed by atoms with Gasteiger partial charge in [0.15, 0.2) is 0 Å². The van der Waals surface area contributed by atoms with Gasteiger partial charge >= 0.3 is 0 Å². The summed E-state index contributed by atoms with van der Waals surface area (Å²) in [5.41, 5.74) is 2.85. The number of aryl methyl sites for hydroxylation is 1. The molecule has 0 aliphatic heterocycles. The van der Waals surface area contributed by atoms with E-state index in [1.165, 1.54) is 0 Å². The van der Waals surface area contributed by atoms with Crippen LogP contribution in [0.25, 0.3) is 10.9 Å². The van der Waals surface area contributed by atoms with Crippen LogP contribution in [0.4, 0.5) is 0 Å². The van der Waals surface area contributed by atoms with Gasteiger partial charge in [-0.25, -0.2) is 0 Å². The molecule has 0 saturated carbocycles. The molecule has 1 aromatic heterocycles. The maximum absolute atomic E-state index is 9.62. The molecule has 2 aromatic rings. The van der Waals surface area contributed by atoms with Gasteiger partial charge in [-0.15, -0.1) is 0 Å². The molecule has 0 spiro atoms. The molecule has 0 aliphatic carbocycles. The zero-order valence-electron chi connectivity index (χ0n) is 8.04. The Morgan fingerprint density at radius 3 is 2.79 bits per heavy atom. The Morgan fingerprint density at radius 1 is 1.29 bits per heavy atom. The standard InChI is InChI=1S/C11H13NO2/c1-7-4-9-6-11(14)8(2-3-13)5-10(9)12-7/h4-6,12-14H,2-3H2,1H3. The van der Waals surface area contributed by atoms with Crippen molar-refractivity contribution in [2.75, 3.05) is 6.61 Å². The van der Waals surface area contributed by atoms with Gasteiger partial charge in [-0.2, -0.15) is 0 Å². The zero-order valence-corrected chi connectivity index (χ0v) is 8.04. The van der Waals surface area contributed by atoms with Gasteiger partial charge in [-0.05, 0) is 37.1 Å². The van der Waals surface area contributed by atoms with Gasteiger partial charge in [0, 0.05) is 23.2 Å². The van der Waals surface area contributed by atoms with Gasteiger partial charge in [0.25, 0.3) is 0 Å². The SMILES string of the molecule is Cc1cc2cc(O)c(CCO)cc2[nH]1. The summed E-state index contributed by atoms with van der Waals surface area (Å²) in [6, 6.07) is 5.59. The van der Waals surface area contributed by atoms with Gasteiger partial charge < -0.3 is 15.2 Å². The third-order valence-corrected chi connectivity index (χ3v) is 2.34. The Bertz CT molecular complexity index is 460. The predicted molar refractivity (Wildman–Crippen MR) is 55.5 cm³/mol. The van der Waals surface area contributed by atoms with Gasteiger partial charge in [0.1, 0.15) is 5.75 Å². The number of benzene rings is 1. The summed E-state index contributed by atoms with van der Waals surface area (Å²) in [5, 5.41) is 19.4. The average Bonchev–Trinajstić information content (AvgIpc) is 2.45. The first-order chi connectivity index (χ1) is 6.70. The average molecular weight is 191 g/mol. The van der Waals surface area contributed by atoms with E-state index in [4.69, 9.17) is 5.11 Å². The minimum absolute atomic E-state index is 0.0543. The van der Waals surface area contributed by atoms with Crippen LogP contribution < -0.4 is 0 Å². The Hall–Kier alpha value is -1.48. The number of nitrogens with one attached hydrogen (secondary N) is 1. The predicted octanol–water partition coefficient (Wildman–Crippen LogP) is 1.72. The fourth-order valence-electron chi connectivity index (χ4n) is 1.68. The lowest BCUT2D eigenvalue weighted by atomic mass is 10.1. The van der Waals surface area contributed by atoms with E-state index in [2.05, 4.69) is 4.98 Å². The number of hydrogen-bond acceptors (Lipinski definition) is 2. The molecular weight excluding hydrogens is 178 g/mol. The minimum atomic E-state index is 0.0543. The smallest absolute Gasteiger partial charge is 0.119 e. The third kappa shape index (κ3) is 1.46. The Kier molecular flexibility index (Phi) is 2.17. The number of aromatic nitrogens is 1. The summed E-state index contributed by atoms with van der Waals surface area (Å²) in [6.45, 7) is 2.03. The number of H-pyrrole nitrogens is 1. The maximum Gasteiger partial charge on any atom is 0.119 e. The molecule has 0 atom stereocenters. The third-order valence-electron chi connectivity index (χ3n) is 2.34. The number of aromatic hydroxyl groups is 1. The van der Waals surface area contributed by atoms with Gasteiger partial charge in [0.05, 0.1) is 0 Å². The van der Waals surface area contributed by atoms with E-state index in [1.807, 2.05) is 19.1 Å². The molecule has 3 heteroatoms. The highest BCUT2D eigenvalue weighted by Crippen LogP contribution is 2.25. The quantitative estimate of drug-likeness (QED) is 0.677. The van der Waals surface area contributed by atoms with E-state index in [9.17, 15) is 5.11 Å². The highest BCUT2D eigenvalue weighted by atomic mass is 16.3. The van der Waals surface area contributed by atoms with Crippen molar-refractivity contribution in [1.29, 1.82) is 0 Å². The molecule has 0 amide bonds. The van der Waals surface area contributed by atoms with Gasteiger partial charge in [-0.1, -0.05) is 0 Å². The van der Waals surface area contributed by atoms with Crippen LogP contribution >= 0.6 is 0 Å². The van der Waals surface area contributed by atoms with E-state index in [0.29, 0.717) is 6.42 Å². The van der Waals surface area contributed by atoms with Crippen molar-refractivity contribution in [3.63, 3.8) is 0 Å². The molecule has 1 heterocycles. The second kappa shape index (κ2) is 3.35. The van der Waals surface area contributed by atoms with E-state index in [0.717, 1.165) is 22.2 Å². The second-order valence-electron chi connectivity index (χ2n) is 3.49. The van der Waals surface area contributed by atoms with Gasteiger partial charge in [-0.3, -0.25) is 0 Å².